The summed E-state index contributed by atoms with van der Waals surface area (Å²) in [6.45, 7) is 3.78. The fourth-order valence-corrected chi connectivity index (χ4v) is 3.18. The summed E-state index contributed by atoms with van der Waals surface area (Å²) >= 11 is 0. The SMILES string of the molecule is CCOc1ccc(S(=O)(=O)Nc2ccccc2N(C)C(C)=O)cc1. The maximum absolute atomic E-state index is 12.6. The Kier molecular flexibility index (Phi) is 5.46. The molecule has 2 aromatic carbocycles. The highest BCUT2D eigenvalue weighted by Gasteiger charge is 2.18. The van der Waals surface area contributed by atoms with Crippen LogP contribution in [-0.2, 0) is 14.8 Å². The minimum absolute atomic E-state index is 0.117. The maximum Gasteiger partial charge on any atom is 0.261 e. The van der Waals surface area contributed by atoms with Gasteiger partial charge >= 0.3 is 0 Å². The Morgan fingerprint density at radius 2 is 1.75 bits per heavy atom. The minimum atomic E-state index is -3.77. The largest absolute Gasteiger partial charge is 0.494 e. The van der Waals surface area contributed by atoms with Crippen LogP contribution >= 0.6 is 0 Å². The van der Waals surface area contributed by atoms with Gasteiger partial charge in [-0.1, -0.05) is 12.1 Å². The van der Waals surface area contributed by atoms with Crippen LogP contribution in [-0.4, -0.2) is 28.0 Å². The van der Waals surface area contributed by atoms with E-state index in [1.807, 2.05) is 6.92 Å². The smallest absolute Gasteiger partial charge is 0.261 e. The van der Waals surface area contributed by atoms with Crippen LogP contribution in [0.2, 0.25) is 0 Å². The van der Waals surface area contributed by atoms with Gasteiger partial charge in [0.15, 0.2) is 0 Å². The maximum atomic E-state index is 12.6. The Hall–Kier alpha value is -2.54. The number of nitrogens with one attached hydrogen (secondary N) is 1. The topological polar surface area (TPSA) is 75.7 Å². The molecule has 0 spiro atoms. The molecule has 0 aliphatic heterocycles. The average molecular weight is 348 g/mol. The number of rotatable bonds is 6. The van der Waals surface area contributed by atoms with E-state index in [4.69, 9.17) is 4.74 Å². The van der Waals surface area contributed by atoms with Crippen LogP contribution < -0.4 is 14.4 Å². The van der Waals surface area contributed by atoms with Crippen LogP contribution in [0, 0.1) is 0 Å². The monoisotopic (exact) mass is 348 g/mol. The molecular formula is C17H20N2O4S. The zero-order valence-corrected chi connectivity index (χ0v) is 14.6. The van der Waals surface area contributed by atoms with Gasteiger partial charge in [-0.2, -0.15) is 0 Å². The average Bonchev–Trinajstić information content (AvgIpc) is 2.55. The second-order valence-electron chi connectivity index (χ2n) is 5.11. The molecule has 1 N–H and O–H groups in total. The van der Waals surface area contributed by atoms with Gasteiger partial charge in [0.1, 0.15) is 5.75 Å². The highest BCUT2D eigenvalue weighted by molar-refractivity contribution is 7.92. The Balaban J connectivity index is 2.31. The Bertz CT molecular complexity index is 817. The lowest BCUT2D eigenvalue weighted by Gasteiger charge is -2.19. The minimum Gasteiger partial charge on any atom is -0.494 e. The Labute approximate surface area is 142 Å². The van der Waals surface area contributed by atoms with Gasteiger partial charge in [0, 0.05) is 14.0 Å². The third-order valence-electron chi connectivity index (χ3n) is 3.43. The third-order valence-corrected chi connectivity index (χ3v) is 4.81. The van der Waals surface area contributed by atoms with E-state index >= 15 is 0 Å². The van der Waals surface area contributed by atoms with E-state index in [0.29, 0.717) is 23.7 Å². The first-order chi connectivity index (χ1) is 11.3. The molecule has 0 saturated heterocycles. The van der Waals surface area contributed by atoms with E-state index in [2.05, 4.69) is 4.72 Å². The molecule has 0 saturated carbocycles. The fourth-order valence-electron chi connectivity index (χ4n) is 2.11. The molecule has 6 nitrogen and oxygen atoms in total. The molecular weight excluding hydrogens is 328 g/mol. The van der Waals surface area contributed by atoms with Crippen LogP contribution in [0.15, 0.2) is 53.4 Å². The molecule has 7 heteroatoms. The number of sulfonamides is 1. The van der Waals surface area contributed by atoms with E-state index < -0.39 is 10.0 Å². The summed E-state index contributed by atoms with van der Waals surface area (Å²) in [5.41, 5.74) is 0.823. The number of hydrogen-bond donors (Lipinski definition) is 1. The quantitative estimate of drug-likeness (QED) is 0.871. The van der Waals surface area contributed by atoms with Crippen LogP contribution in [0.4, 0.5) is 11.4 Å². The van der Waals surface area contributed by atoms with Crippen molar-refractivity contribution in [1.82, 2.24) is 0 Å². The molecule has 0 aliphatic rings. The van der Waals surface area contributed by atoms with Crippen LogP contribution in [0.5, 0.6) is 5.75 Å². The number of anilines is 2. The molecule has 0 unspecified atom stereocenters. The van der Waals surface area contributed by atoms with Gasteiger partial charge in [0.05, 0.1) is 22.9 Å². The summed E-state index contributed by atoms with van der Waals surface area (Å²) in [4.78, 5) is 13.1. The summed E-state index contributed by atoms with van der Waals surface area (Å²) in [6.07, 6.45) is 0. The van der Waals surface area contributed by atoms with Crippen molar-refractivity contribution in [2.45, 2.75) is 18.7 Å². The summed E-state index contributed by atoms with van der Waals surface area (Å²) in [5.74, 6) is 0.413. The molecule has 2 rings (SSSR count). The number of amides is 1. The molecule has 0 radical (unpaired) electrons. The van der Waals surface area contributed by atoms with Gasteiger partial charge in [0.25, 0.3) is 10.0 Å². The van der Waals surface area contributed by atoms with E-state index in [-0.39, 0.29) is 10.8 Å². The Morgan fingerprint density at radius 1 is 1.12 bits per heavy atom. The van der Waals surface area contributed by atoms with Crippen molar-refractivity contribution in [1.29, 1.82) is 0 Å². The van der Waals surface area contributed by atoms with Crippen molar-refractivity contribution in [3.05, 3.63) is 48.5 Å². The lowest BCUT2D eigenvalue weighted by atomic mass is 10.2. The third kappa shape index (κ3) is 4.05. The van der Waals surface area contributed by atoms with Crippen molar-refractivity contribution in [2.75, 3.05) is 23.3 Å². The van der Waals surface area contributed by atoms with Crippen LogP contribution in [0.3, 0.4) is 0 Å². The zero-order chi connectivity index (χ0) is 17.7. The normalized spacial score (nSPS) is 11.0. The van der Waals surface area contributed by atoms with E-state index in [9.17, 15) is 13.2 Å². The van der Waals surface area contributed by atoms with Gasteiger partial charge in [-0.15, -0.1) is 0 Å². The number of carbonyl (C=O) groups excluding carboxylic acids is 1. The lowest BCUT2D eigenvalue weighted by Crippen LogP contribution is -2.25. The summed E-state index contributed by atoms with van der Waals surface area (Å²) in [6, 6.07) is 12.9. The molecule has 0 fully saturated rings. The van der Waals surface area contributed by atoms with Gasteiger partial charge in [-0.25, -0.2) is 8.42 Å². The number of hydrogen-bond acceptors (Lipinski definition) is 4. The van der Waals surface area contributed by atoms with Crippen LogP contribution in [0.25, 0.3) is 0 Å². The second-order valence-corrected chi connectivity index (χ2v) is 6.79. The number of para-hydroxylation sites is 2. The molecule has 0 atom stereocenters. The highest BCUT2D eigenvalue weighted by Crippen LogP contribution is 2.27. The summed E-state index contributed by atoms with van der Waals surface area (Å²) in [5, 5.41) is 0. The van der Waals surface area contributed by atoms with Gasteiger partial charge in [-0.3, -0.25) is 9.52 Å². The summed E-state index contributed by atoms with van der Waals surface area (Å²) in [7, 11) is -2.18. The second kappa shape index (κ2) is 7.35. The Morgan fingerprint density at radius 3 is 2.33 bits per heavy atom. The molecule has 24 heavy (non-hydrogen) atoms. The van der Waals surface area contributed by atoms with E-state index in [1.165, 1.54) is 24.0 Å². The van der Waals surface area contributed by atoms with Crippen molar-refractivity contribution >= 4 is 27.3 Å². The number of benzene rings is 2. The number of carbonyl (C=O) groups is 1. The lowest BCUT2D eigenvalue weighted by molar-refractivity contribution is -0.116. The predicted molar refractivity (Wildman–Crippen MR) is 93.9 cm³/mol. The molecule has 0 bridgehead atoms. The van der Waals surface area contributed by atoms with Crippen LogP contribution in [0.1, 0.15) is 13.8 Å². The molecule has 1 amide bonds. The zero-order valence-electron chi connectivity index (χ0n) is 13.8. The van der Waals surface area contributed by atoms with E-state index in [1.54, 1.807) is 43.4 Å². The van der Waals surface area contributed by atoms with Crippen molar-refractivity contribution < 1.29 is 17.9 Å². The highest BCUT2D eigenvalue weighted by atomic mass is 32.2. The van der Waals surface area contributed by atoms with Gasteiger partial charge in [-0.05, 0) is 43.3 Å². The molecule has 2 aromatic rings. The number of ether oxygens (including phenoxy) is 1. The van der Waals surface area contributed by atoms with Gasteiger partial charge < -0.3 is 9.64 Å². The molecule has 0 aromatic heterocycles. The number of nitrogens with zero attached hydrogens (tertiary/aromatic N) is 1. The first-order valence-electron chi connectivity index (χ1n) is 7.44. The predicted octanol–water partition coefficient (Wildman–Crippen LogP) is 2.87. The first kappa shape index (κ1) is 17.8. The van der Waals surface area contributed by atoms with E-state index in [0.717, 1.165) is 0 Å². The first-order valence-corrected chi connectivity index (χ1v) is 8.92. The van der Waals surface area contributed by atoms with Crippen molar-refractivity contribution in [3.8, 4) is 5.75 Å². The van der Waals surface area contributed by atoms with Gasteiger partial charge in [0.2, 0.25) is 5.91 Å². The fraction of sp³-hybridized carbons (Fsp3) is 0.235. The van der Waals surface area contributed by atoms with Crippen molar-refractivity contribution in [3.63, 3.8) is 0 Å². The summed E-state index contributed by atoms with van der Waals surface area (Å²) < 4.78 is 33.0. The van der Waals surface area contributed by atoms with Crippen molar-refractivity contribution in [2.24, 2.45) is 0 Å². The standard InChI is InChI=1S/C17H20N2O4S/c1-4-23-14-9-11-15(12-10-14)24(21,22)18-16-7-5-6-8-17(16)19(3)13(2)20/h5-12,18H,4H2,1-3H3. The molecule has 0 aliphatic carbocycles. The molecule has 0 heterocycles. The molecule has 128 valence electrons.